The van der Waals surface area contributed by atoms with Gasteiger partial charge in [-0.05, 0) is 24.3 Å². The molecule has 3 aromatic rings. The Morgan fingerprint density at radius 1 is 1.10 bits per heavy atom. The highest BCUT2D eigenvalue weighted by atomic mass is 32.2. The Hall–Kier alpha value is -2.25. The van der Waals surface area contributed by atoms with Gasteiger partial charge in [-0.1, -0.05) is 6.07 Å². The van der Waals surface area contributed by atoms with Crippen molar-refractivity contribution in [1.29, 1.82) is 0 Å². The van der Waals surface area contributed by atoms with Gasteiger partial charge in [-0.15, -0.1) is 0 Å². The van der Waals surface area contributed by atoms with Gasteiger partial charge in [0.25, 0.3) is 0 Å². The van der Waals surface area contributed by atoms with Crippen LogP contribution in [0.25, 0.3) is 10.9 Å². The average Bonchev–Trinajstić information content (AvgIpc) is 2.98. The fourth-order valence-electron chi connectivity index (χ4n) is 1.95. The Bertz CT molecular complexity index is 823. The predicted octanol–water partition coefficient (Wildman–Crippen LogP) is 1.44. The first-order valence-corrected chi connectivity index (χ1v) is 7.47. The molecule has 20 heavy (non-hydrogen) atoms. The zero-order valence-electron chi connectivity index (χ0n) is 10.4. The van der Waals surface area contributed by atoms with Gasteiger partial charge in [0.2, 0.25) is 10.0 Å². The summed E-state index contributed by atoms with van der Waals surface area (Å²) in [5.41, 5.74) is 0.647. The highest BCUT2D eigenvalue weighted by Crippen LogP contribution is 2.20. The second-order valence-electron chi connectivity index (χ2n) is 4.19. The smallest absolute Gasteiger partial charge is 0.241 e. The van der Waals surface area contributed by atoms with Gasteiger partial charge in [0.1, 0.15) is 5.82 Å². The number of benzene rings is 1. The maximum absolute atomic E-state index is 12.4. The Kier molecular flexibility index (Phi) is 3.21. The van der Waals surface area contributed by atoms with Gasteiger partial charge in [-0.2, -0.15) is 0 Å². The lowest BCUT2D eigenvalue weighted by Gasteiger charge is -2.08. The van der Waals surface area contributed by atoms with Crippen molar-refractivity contribution in [3.05, 3.63) is 54.7 Å². The molecule has 0 atom stereocenters. The van der Waals surface area contributed by atoms with Crippen LogP contribution in [0.3, 0.4) is 0 Å². The number of aromatic amines is 1. The molecule has 0 bridgehead atoms. The first-order valence-electron chi connectivity index (χ1n) is 5.98. The van der Waals surface area contributed by atoms with Crippen LogP contribution in [-0.4, -0.2) is 23.4 Å². The third-order valence-electron chi connectivity index (χ3n) is 2.88. The number of fused-ring (bicyclic) bond motifs is 1. The monoisotopic (exact) mass is 288 g/mol. The molecule has 2 heterocycles. The van der Waals surface area contributed by atoms with Crippen LogP contribution in [0.15, 0.2) is 53.8 Å². The molecule has 0 fully saturated rings. The van der Waals surface area contributed by atoms with Crippen molar-refractivity contribution in [2.75, 3.05) is 0 Å². The van der Waals surface area contributed by atoms with E-state index in [1.807, 2.05) is 0 Å². The van der Waals surface area contributed by atoms with E-state index in [2.05, 4.69) is 19.7 Å². The van der Waals surface area contributed by atoms with Crippen LogP contribution in [0.1, 0.15) is 5.82 Å². The normalized spacial score (nSPS) is 11.8. The van der Waals surface area contributed by atoms with Gasteiger partial charge in [0, 0.05) is 24.0 Å². The molecule has 7 heteroatoms. The van der Waals surface area contributed by atoms with Gasteiger partial charge in [0.05, 0.1) is 17.0 Å². The first-order chi connectivity index (χ1) is 9.67. The van der Waals surface area contributed by atoms with Crippen molar-refractivity contribution in [3.8, 4) is 0 Å². The Morgan fingerprint density at radius 2 is 2.00 bits per heavy atom. The van der Waals surface area contributed by atoms with E-state index in [9.17, 15) is 8.42 Å². The molecular formula is C13H12N4O2S. The van der Waals surface area contributed by atoms with Gasteiger partial charge in [0.15, 0.2) is 0 Å². The highest BCUT2D eigenvalue weighted by Gasteiger charge is 2.17. The standard InChI is InChI=1S/C13H12N4O2S/c18-20(19,17-9-13-15-7-8-16-13)12-5-1-4-11-10(12)3-2-6-14-11/h1-8,17H,9H2,(H,15,16). The molecule has 3 rings (SSSR count). The second-order valence-corrected chi connectivity index (χ2v) is 5.92. The number of aromatic nitrogens is 3. The molecule has 0 aliphatic heterocycles. The summed E-state index contributed by atoms with van der Waals surface area (Å²) in [7, 11) is -3.61. The quantitative estimate of drug-likeness (QED) is 0.760. The molecule has 0 aliphatic carbocycles. The van der Waals surface area contributed by atoms with Crippen LogP contribution in [0.4, 0.5) is 0 Å². The average molecular weight is 288 g/mol. The largest absolute Gasteiger partial charge is 0.347 e. The van der Waals surface area contributed by atoms with E-state index in [0.29, 0.717) is 16.7 Å². The van der Waals surface area contributed by atoms with Gasteiger partial charge < -0.3 is 4.98 Å². The van der Waals surface area contributed by atoms with Gasteiger partial charge >= 0.3 is 0 Å². The van der Waals surface area contributed by atoms with Gasteiger partial charge in [-0.25, -0.2) is 18.1 Å². The zero-order chi connectivity index (χ0) is 14.0. The molecule has 0 unspecified atom stereocenters. The molecule has 0 saturated carbocycles. The maximum atomic E-state index is 12.4. The lowest BCUT2D eigenvalue weighted by Crippen LogP contribution is -2.24. The number of nitrogens with zero attached hydrogens (tertiary/aromatic N) is 2. The summed E-state index contributed by atoms with van der Waals surface area (Å²) in [6.45, 7) is 0.117. The van der Waals surface area contributed by atoms with E-state index >= 15 is 0 Å². The summed E-state index contributed by atoms with van der Waals surface area (Å²) in [6, 6.07) is 8.48. The summed E-state index contributed by atoms with van der Waals surface area (Å²) in [4.78, 5) is 11.2. The minimum atomic E-state index is -3.61. The molecule has 0 aliphatic rings. The number of pyridine rings is 1. The SMILES string of the molecule is O=S(=O)(NCc1ncc[nH]1)c1cccc2ncccc12. The van der Waals surface area contributed by atoms with Crippen LogP contribution < -0.4 is 4.72 Å². The summed E-state index contributed by atoms with van der Waals surface area (Å²) in [5.74, 6) is 0.562. The van der Waals surface area contributed by atoms with E-state index < -0.39 is 10.0 Å². The third-order valence-corrected chi connectivity index (χ3v) is 4.34. The molecule has 2 aromatic heterocycles. The Morgan fingerprint density at radius 3 is 2.80 bits per heavy atom. The van der Waals surface area contributed by atoms with Crippen molar-refractivity contribution in [1.82, 2.24) is 19.7 Å². The maximum Gasteiger partial charge on any atom is 0.241 e. The fourth-order valence-corrected chi connectivity index (χ4v) is 3.15. The molecule has 0 amide bonds. The number of imidazole rings is 1. The predicted molar refractivity (Wildman–Crippen MR) is 74.4 cm³/mol. The van der Waals surface area contributed by atoms with E-state index in [1.165, 1.54) is 0 Å². The molecule has 102 valence electrons. The van der Waals surface area contributed by atoms with Crippen molar-refractivity contribution in [2.24, 2.45) is 0 Å². The number of hydrogen-bond donors (Lipinski definition) is 2. The summed E-state index contributed by atoms with van der Waals surface area (Å²) < 4.78 is 27.2. The molecule has 0 radical (unpaired) electrons. The number of hydrogen-bond acceptors (Lipinski definition) is 4. The Balaban J connectivity index is 1.97. The minimum absolute atomic E-state index is 0.117. The number of rotatable bonds is 4. The molecular weight excluding hydrogens is 276 g/mol. The van der Waals surface area contributed by atoms with E-state index in [1.54, 1.807) is 48.9 Å². The van der Waals surface area contributed by atoms with E-state index in [4.69, 9.17) is 0 Å². The lowest BCUT2D eigenvalue weighted by atomic mass is 10.2. The summed E-state index contributed by atoms with van der Waals surface area (Å²) in [6.07, 6.45) is 4.85. The minimum Gasteiger partial charge on any atom is -0.347 e. The van der Waals surface area contributed by atoms with Crippen LogP contribution in [0.5, 0.6) is 0 Å². The van der Waals surface area contributed by atoms with Crippen LogP contribution in [0.2, 0.25) is 0 Å². The molecule has 0 saturated heterocycles. The third kappa shape index (κ3) is 2.40. The number of nitrogens with one attached hydrogen (secondary N) is 2. The van der Waals surface area contributed by atoms with E-state index in [0.717, 1.165) is 0 Å². The molecule has 1 aromatic carbocycles. The summed E-state index contributed by atoms with van der Waals surface area (Å²) in [5, 5.41) is 0.599. The topological polar surface area (TPSA) is 87.7 Å². The molecule has 0 spiro atoms. The molecule has 2 N–H and O–H groups in total. The van der Waals surface area contributed by atoms with Crippen molar-refractivity contribution in [3.63, 3.8) is 0 Å². The number of sulfonamides is 1. The Labute approximate surface area is 115 Å². The van der Waals surface area contributed by atoms with Crippen molar-refractivity contribution < 1.29 is 8.42 Å². The first kappa shape index (κ1) is 12.8. The zero-order valence-corrected chi connectivity index (χ0v) is 11.3. The fraction of sp³-hybridized carbons (Fsp3) is 0.0769. The number of H-pyrrole nitrogens is 1. The van der Waals surface area contributed by atoms with Gasteiger partial charge in [-0.3, -0.25) is 4.98 Å². The molecule has 6 nitrogen and oxygen atoms in total. The van der Waals surface area contributed by atoms with Crippen molar-refractivity contribution >= 4 is 20.9 Å². The summed E-state index contributed by atoms with van der Waals surface area (Å²) >= 11 is 0. The van der Waals surface area contributed by atoms with Crippen molar-refractivity contribution in [2.45, 2.75) is 11.4 Å². The highest BCUT2D eigenvalue weighted by molar-refractivity contribution is 7.89. The lowest BCUT2D eigenvalue weighted by molar-refractivity contribution is 0.580. The van der Waals surface area contributed by atoms with Crippen LogP contribution in [-0.2, 0) is 16.6 Å². The van der Waals surface area contributed by atoms with E-state index in [-0.39, 0.29) is 11.4 Å². The van der Waals surface area contributed by atoms with Crippen LogP contribution in [0, 0.1) is 0 Å². The van der Waals surface area contributed by atoms with Crippen LogP contribution >= 0.6 is 0 Å². The second kappa shape index (κ2) is 5.03.